The molecule has 0 aromatic carbocycles. The summed E-state index contributed by atoms with van der Waals surface area (Å²) in [4.78, 5) is 38.4. The molecule has 0 aromatic heterocycles. The lowest BCUT2D eigenvalue weighted by atomic mass is 10.1. The zero-order valence-corrected chi connectivity index (χ0v) is 54.4. The topological polar surface area (TPSA) is 78.9 Å². The lowest BCUT2D eigenvalue weighted by Crippen LogP contribution is -2.30. The molecule has 83 heavy (non-hydrogen) atoms. The first-order valence-electron chi connectivity index (χ1n) is 35.0. The molecule has 1 atom stereocenters. The largest absolute Gasteiger partial charge is 0.462 e. The third-order valence-electron chi connectivity index (χ3n) is 14.9. The van der Waals surface area contributed by atoms with Gasteiger partial charge in [-0.25, -0.2) is 0 Å². The second kappa shape index (κ2) is 70.3. The Kier molecular flexibility index (Phi) is 66.7. The molecule has 0 spiro atoms. The van der Waals surface area contributed by atoms with Crippen LogP contribution in [0.3, 0.4) is 0 Å². The number of hydrogen-bond donors (Lipinski definition) is 0. The van der Waals surface area contributed by atoms with E-state index in [0.29, 0.717) is 19.3 Å². The monoisotopic (exact) mass is 1150 g/mol. The Morgan fingerprint density at radius 2 is 0.470 bits per heavy atom. The van der Waals surface area contributed by atoms with Gasteiger partial charge >= 0.3 is 17.9 Å². The Hall–Kier alpha value is -4.19. The molecule has 6 nitrogen and oxygen atoms in total. The molecule has 0 aromatic rings. The van der Waals surface area contributed by atoms with Gasteiger partial charge in [-0.15, -0.1) is 0 Å². The van der Waals surface area contributed by atoms with Crippen LogP contribution in [-0.4, -0.2) is 37.2 Å². The zero-order valence-electron chi connectivity index (χ0n) is 54.4. The van der Waals surface area contributed by atoms with Crippen molar-refractivity contribution in [2.45, 2.75) is 335 Å². The molecular formula is C77H130O6. The normalized spacial score (nSPS) is 12.9. The molecule has 474 valence electrons. The second-order valence-electron chi connectivity index (χ2n) is 23.1. The number of carbonyl (C=O) groups is 3. The maximum Gasteiger partial charge on any atom is 0.306 e. The molecule has 0 saturated heterocycles. The van der Waals surface area contributed by atoms with Crippen LogP contribution in [0.4, 0.5) is 0 Å². The Bertz CT molecular complexity index is 1700. The van der Waals surface area contributed by atoms with E-state index in [9.17, 15) is 14.4 Å². The van der Waals surface area contributed by atoms with Crippen molar-refractivity contribution in [3.05, 3.63) is 122 Å². The summed E-state index contributed by atoms with van der Waals surface area (Å²) in [6.07, 6.45) is 97.9. The molecule has 1 unspecified atom stereocenters. The number of allylic oxidation sites excluding steroid dienone is 20. The fraction of sp³-hybridized carbons (Fsp3) is 0.701. The van der Waals surface area contributed by atoms with Crippen LogP contribution in [0.5, 0.6) is 0 Å². The number of carbonyl (C=O) groups excluding carboxylic acids is 3. The zero-order chi connectivity index (χ0) is 59.9. The first kappa shape index (κ1) is 78.8. The van der Waals surface area contributed by atoms with E-state index in [1.807, 2.05) is 0 Å². The fourth-order valence-electron chi connectivity index (χ4n) is 9.68. The van der Waals surface area contributed by atoms with Gasteiger partial charge in [0.2, 0.25) is 0 Å². The van der Waals surface area contributed by atoms with Gasteiger partial charge in [0.25, 0.3) is 0 Å². The third-order valence-corrected chi connectivity index (χ3v) is 14.9. The highest BCUT2D eigenvalue weighted by molar-refractivity contribution is 5.71. The van der Waals surface area contributed by atoms with Gasteiger partial charge in [-0.05, 0) is 135 Å². The van der Waals surface area contributed by atoms with Gasteiger partial charge in [-0.1, -0.05) is 296 Å². The molecule has 0 amide bonds. The molecule has 0 bridgehead atoms. The van der Waals surface area contributed by atoms with E-state index in [2.05, 4.69) is 142 Å². The third kappa shape index (κ3) is 68.5. The van der Waals surface area contributed by atoms with Crippen molar-refractivity contribution in [3.63, 3.8) is 0 Å². The van der Waals surface area contributed by atoms with Crippen LogP contribution in [0.15, 0.2) is 122 Å². The average Bonchev–Trinajstić information content (AvgIpc) is 3.49. The van der Waals surface area contributed by atoms with Crippen LogP contribution in [-0.2, 0) is 28.6 Å². The molecule has 6 heteroatoms. The van der Waals surface area contributed by atoms with Crippen molar-refractivity contribution in [1.29, 1.82) is 0 Å². The fourth-order valence-corrected chi connectivity index (χ4v) is 9.68. The molecule has 0 fully saturated rings. The van der Waals surface area contributed by atoms with Crippen LogP contribution >= 0.6 is 0 Å². The van der Waals surface area contributed by atoms with Crippen LogP contribution in [0.2, 0.25) is 0 Å². The highest BCUT2D eigenvalue weighted by Gasteiger charge is 2.19. The predicted molar refractivity (Wildman–Crippen MR) is 362 cm³/mol. The molecule has 0 saturated carbocycles. The standard InChI is InChI=1S/C77H130O6/c1-4-7-10-13-16-19-22-25-27-29-31-32-33-34-35-36-37-38-39-40-41-42-43-44-46-47-49-52-55-58-61-64-67-70-76(79)82-73-74(72-81-75(78)69-66-63-60-57-54-51-24-21-18-15-12-9-6-3)83-77(80)71-68-65-62-59-56-53-50-48-45-30-28-26-23-20-17-14-11-8-5-2/h7,10,16,19,21,24-28,31-32,34-35,37-38,40-41,43-44,74H,4-6,8-9,11-15,17-18,20,22-23,29-30,33,36,39,42,45-73H2,1-3H3/b10-7-,19-16-,24-21-,27-25-,28-26-,32-31-,35-34-,38-37-,41-40-,44-43-. The minimum atomic E-state index is -0.789. The lowest BCUT2D eigenvalue weighted by Gasteiger charge is -2.18. The van der Waals surface area contributed by atoms with Gasteiger partial charge in [-0.3, -0.25) is 14.4 Å². The number of ether oxygens (including phenoxy) is 3. The van der Waals surface area contributed by atoms with Gasteiger partial charge in [0.15, 0.2) is 6.10 Å². The van der Waals surface area contributed by atoms with E-state index < -0.39 is 6.10 Å². The number of unbranched alkanes of at least 4 members (excludes halogenated alkanes) is 32. The summed E-state index contributed by atoms with van der Waals surface area (Å²) >= 11 is 0. The summed E-state index contributed by atoms with van der Waals surface area (Å²) in [6.45, 7) is 6.52. The van der Waals surface area contributed by atoms with Crippen LogP contribution in [0.25, 0.3) is 0 Å². The maximum atomic E-state index is 12.9. The van der Waals surface area contributed by atoms with Crippen molar-refractivity contribution < 1.29 is 28.6 Å². The summed E-state index contributed by atoms with van der Waals surface area (Å²) in [6, 6.07) is 0. The minimum Gasteiger partial charge on any atom is -0.462 e. The van der Waals surface area contributed by atoms with Crippen molar-refractivity contribution in [3.8, 4) is 0 Å². The molecule has 0 radical (unpaired) electrons. The quantitative estimate of drug-likeness (QED) is 0.0261. The molecule has 0 aliphatic heterocycles. The molecule has 0 heterocycles. The molecule has 0 aliphatic rings. The summed E-state index contributed by atoms with van der Waals surface area (Å²) in [5, 5.41) is 0. The van der Waals surface area contributed by atoms with E-state index in [1.54, 1.807) is 0 Å². The lowest BCUT2D eigenvalue weighted by molar-refractivity contribution is -0.167. The summed E-state index contributed by atoms with van der Waals surface area (Å²) in [7, 11) is 0. The predicted octanol–water partition coefficient (Wildman–Crippen LogP) is 24.3. The van der Waals surface area contributed by atoms with Gasteiger partial charge in [0.05, 0.1) is 0 Å². The first-order chi connectivity index (χ1) is 41.0. The molecule has 0 rings (SSSR count). The number of hydrogen-bond acceptors (Lipinski definition) is 6. The van der Waals surface area contributed by atoms with Crippen molar-refractivity contribution in [2.75, 3.05) is 13.2 Å². The highest BCUT2D eigenvalue weighted by Crippen LogP contribution is 2.16. The highest BCUT2D eigenvalue weighted by atomic mass is 16.6. The van der Waals surface area contributed by atoms with Gasteiger partial charge in [-0.2, -0.15) is 0 Å². The SMILES string of the molecule is CC/C=C\C/C=C\C/C=C\C/C=C\C/C=C\C/C=C\C/C=C\C/C=C\CCCCCCCCCCC(=O)OCC(COC(=O)CCCCCCC/C=C\CCCCCC)OC(=O)CCCCCCCCCCC/C=C\CCCCCCCC. The Morgan fingerprint density at radius 3 is 0.759 bits per heavy atom. The van der Waals surface area contributed by atoms with E-state index in [4.69, 9.17) is 14.2 Å². The number of rotatable bonds is 63. The van der Waals surface area contributed by atoms with E-state index in [-0.39, 0.29) is 31.1 Å². The summed E-state index contributed by atoms with van der Waals surface area (Å²) < 4.78 is 16.9. The van der Waals surface area contributed by atoms with Gasteiger partial charge in [0.1, 0.15) is 13.2 Å². The van der Waals surface area contributed by atoms with Gasteiger partial charge in [0, 0.05) is 19.3 Å². The number of esters is 3. The Morgan fingerprint density at radius 1 is 0.253 bits per heavy atom. The van der Waals surface area contributed by atoms with Crippen molar-refractivity contribution in [2.24, 2.45) is 0 Å². The smallest absolute Gasteiger partial charge is 0.306 e. The van der Waals surface area contributed by atoms with Crippen molar-refractivity contribution >= 4 is 17.9 Å². The first-order valence-corrected chi connectivity index (χ1v) is 35.0. The summed E-state index contributed by atoms with van der Waals surface area (Å²) in [5.74, 6) is -0.894. The van der Waals surface area contributed by atoms with E-state index in [0.717, 1.165) is 122 Å². The minimum absolute atomic E-state index is 0.0853. The second-order valence-corrected chi connectivity index (χ2v) is 23.1. The molecular weight excluding hydrogens is 1020 g/mol. The average molecular weight is 1150 g/mol. The molecule has 0 aliphatic carbocycles. The van der Waals surface area contributed by atoms with Crippen LogP contribution < -0.4 is 0 Å². The Balaban J connectivity index is 4.29. The van der Waals surface area contributed by atoms with Gasteiger partial charge < -0.3 is 14.2 Å². The maximum absolute atomic E-state index is 12.9. The van der Waals surface area contributed by atoms with Crippen LogP contribution in [0, 0.1) is 0 Å². The van der Waals surface area contributed by atoms with Crippen LogP contribution in [0.1, 0.15) is 329 Å². The molecule has 0 N–H and O–H groups in total. The van der Waals surface area contributed by atoms with E-state index in [1.165, 1.54) is 167 Å². The van der Waals surface area contributed by atoms with Crippen molar-refractivity contribution in [1.82, 2.24) is 0 Å². The Labute approximate surface area is 513 Å². The van der Waals surface area contributed by atoms with E-state index >= 15 is 0 Å². The summed E-state index contributed by atoms with van der Waals surface area (Å²) in [5.41, 5.74) is 0.